The zero-order chi connectivity index (χ0) is 14.9. The first-order valence-electron chi connectivity index (χ1n) is 6.34. The van der Waals surface area contributed by atoms with E-state index >= 15 is 0 Å². The molecule has 0 aliphatic carbocycles. The molecule has 0 fully saturated rings. The van der Waals surface area contributed by atoms with Gasteiger partial charge in [0.15, 0.2) is 0 Å². The zero-order valence-electron chi connectivity index (χ0n) is 11.7. The maximum atomic E-state index is 10.8. The smallest absolute Gasteiger partial charge is 0.258 e. The SMILES string of the molecule is CC(C)(C)c1ccc(-c2ccc([N+](=O)[O-])cc2I)cc1. The van der Waals surface area contributed by atoms with Gasteiger partial charge in [0.25, 0.3) is 5.69 Å². The van der Waals surface area contributed by atoms with Crippen molar-refractivity contribution >= 4 is 28.3 Å². The van der Waals surface area contributed by atoms with E-state index in [9.17, 15) is 10.1 Å². The summed E-state index contributed by atoms with van der Waals surface area (Å²) >= 11 is 2.14. The largest absolute Gasteiger partial charge is 0.270 e. The Kier molecular flexibility index (Phi) is 4.13. The van der Waals surface area contributed by atoms with E-state index in [-0.39, 0.29) is 16.0 Å². The number of hydrogen-bond donors (Lipinski definition) is 0. The summed E-state index contributed by atoms with van der Waals surface area (Å²) in [5.74, 6) is 0. The zero-order valence-corrected chi connectivity index (χ0v) is 13.8. The second-order valence-corrected chi connectivity index (χ2v) is 6.91. The standard InChI is InChI=1S/C16H16INO2/c1-16(2,3)12-6-4-11(5-7-12)14-9-8-13(18(19)20)10-15(14)17/h4-10H,1-3H3. The molecule has 0 N–H and O–H groups in total. The number of non-ortho nitro benzene ring substituents is 1. The maximum Gasteiger partial charge on any atom is 0.270 e. The molecule has 2 aromatic rings. The van der Waals surface area contributed by atoms with E-state index in [0.717, 1.165) is 14.7 Å². The first-order valence-corrected chi connectivity index (χ1v) is 7.42. The van der Waals surface area contributed by atoms with Gasteiger partial charge in [-0.25, -0.2) is 0 Å². The van der Waals surface area contributed by atoms with Gasteiger partial charge in [-0.2, -0.15) is 0 Å². The van der Waals surface area contributed by atoms with Gasteiger partial charge in [-0.15, -0.1) is 0 Å². The molecule has 0 aliphatic heterocycles. The molecule has 4 heteroatoms. The van der Waals surface area contributed by atoms with Crippen LogP contribution >= 0.6 is 22.6 Å². The lowest BCUT2D eigenvalue weighted by Crippen LogP contribution is -2.10. The quantitative estimate of drug-likeness (QED) is 0.410. The minimum absolute atomic E-state index is 0.126. The van der Waals surface area contributed by atoms with Crippen molar-refractivity contribution in [3.05, 3.63) is 61.7 Å². The number of rotatable bonds is 2. The average molecular weight is 381 g/mol. The Morgan fingerprint density at radius 3 is 2.10 bits per heavy atom. The molecular weight excluding hydrogens is 365 g/mol. The highest BCUT2D eigenvalue weighted by atomic mass is 127. The van der Waals surface area contributed by atoms with Crippen LogP contribution < -0.4 is 0 Å². The summed E-state index contributed by atoms with van der Waals surface area (Å²) in [4.78, 5) is 10.4. The van der Waals surface area contributed by atoms with E-state index in [1.165, 1.54) is 5.56 Å². The van der Waals surface area contributed by atoms with E-state index in [1.807, 2.05) is 6.07 Å². The fourth-order valence-electron chi connectivity index (χ4n) is 2.00. The summed E-state index contributed by atoms with van der Waals surface area (Å²) < 4.78 is 0.889. The second kappa shape index (κ2) is 5.52. The molecule has 3 nitrogen and oxygen atoms in total. The van der Waals surface area contributed by atoms with Gasteiger partial charge in [-0.1, -0.05) is 45.0 Å². The fraction of sp³-hybridized carbons (Fsp3) is 0.250. The van der Waals surface area contributed by atoms with Crippen molar-refractivity contribution in [2.45, 2.75) is 26.2 Å². The third kappa shape index (κ3) is 3.17. The van der Waals surface area contributed by atoms with Crippen LogP contribution in [0.2, 0.25) is 0 Å². The van der Waals surface area contributed by atoms with Crippen LogP contribution in [0.25, 0.3) is 11.1 Å². The minimum Gasteiger partial charge on any atom is -0.258 e. The molecule has 20 heavy (non-hydrogen) atoms. The van der Waals surface area contributed by atoms with Crippen LogP contribution in [0.1, 0.15) is 26.3 Å². The number of halogens is 1. The Bertz CT molecular complexity index is 643. The van der Waals surface area contributed by atoms with E-state index in [2.05, 4.69) is 67.6 Å². The summed E-state index contributed by atoms with van der Waals surface area (Å²) in [7, 11) is 0. The van der Waals surface area contributed by atoms with Gasteiger partial charge in [0, 0.05) is 15.7 Å². The van der Waals surface area contributed by atoms with E-state index < -0.39 is 0 Å². The highest BCUT2D eigenvalue weighted by Gasteiger charge is 2.14. The molecule has 2 rings (SSSR count). The van der Waals surface area contributed by atoms with E-state index in [1.54, 1.807) is 12.1 Å². The molecule has 104 valence electrons. The molecule has 0 saturated heterocycles. The number of benzene rings is 2. The Balaban J connectivity index is 2.40. The van der Waals surface area contributed by atoms with Crippen LogP contribution in [0.5, 0.6) is 0 Å². The Labute approximate surface area is 132 Å². The Morgan fingerprint density at radius 2 is 1.65 bits per heavy atom. The highest BCUT2D eigenvalue weighted by molar-refractivity contribution is 14.1. The molecule has 0 saturated carbocycles. The average Bonchev–Trinajstić information content (AvgIpc) is 2.37. The lowest BCUT2D eigenvalue weighted by molar-refractivity contribution is -0.384. The number of nitrogens with zero attached hydrogens (tertiary/aromatic N) is 1. The summed E-state index contributed by atoms with van der Waals surface area (Å²) in [5, 5.41) is 10.8. The molecule has 0 amide bonds. The van der Waals surface area contributed by atoms with Crippen molar-refractivity contribution in [1.82, 2.24) is 0 Å². The predicted octanol–water partition coefficient (Wildman–Crippen LogP) is 5.16. The highest BCUT2D eigenvalue weighted by Crippen LogP contribution is 2.30. The van der Waals surface area contributed by atoms with Crippen molar-refractivity contribution in [3.63, 3.8) is 0 Å². The molecule has 0 heterocycles. The summed E-state index contributed by atoms with van der Waals surface area (Å²) in [6.45, 7) is 6.53. The van der Waals surface area contributed by atoms with Gasteiger partial charge in [-0.05, 0) is 50.8 Å². The van der Waals surface area contributed by atoms with Crippen LogP contribution in [-0.4, -0.2) is 4.92 Å². The van der Waals surface area contributed by atoms with E-state index in [4.69, 9.17) is 0 Å². The first kappa shape index (κ1) is 15.0. The minimum atomic E-state index is -0.366. The monoisotopic (exact) mass is 381 g/mol. The summed E-state index contributed by atoms with van der Waals surface area (Å²) in [5.41, 5.74) is 3.64. The van der Waals surface area contributed by atoms with Crippen LogP contribution in [0, 0.1) is 13.7 Å². The molecule has 0 aliphatic rings. The Hall–Kier alpha value is -1.43. The number of nitro benzene ring substituents is 1. The Morgan fingerprint density at radius 1 is 1.05 bits per heavy atom. The van der Waals surface area contributed by atoms with Crippen LogP contribution in [0.3, 0.4) is 0 Å². The van der Waals surface area contributed by atoms with Crippen molar-refractivity contribution in [2.24, 2.45) is 0 Å². The lowest BCUT2D eigenvalue weighted by Gasteiger charge is -2.19. The molecule has 0 atom stereocenters. The number of nitro groups is 1. The maximum absolute atomic E-state index is 10.8. The first-order chi connectivity index (χ1) is 9.29. The topological polar surface area (TPSA) is 43.1 Å². The molecule has 0 aromatic heterocycles. The molecular formula is C16H16INO2. The van der Waals surface area contributed by atoms with Gasteiger partial charge in [-0.3, -0.25) is 10.1 Å². The van der Waals surface area contributed by atoms with Crippen LogP contribution in [0.4, 0.5) is 5.69 Å². The van der Waals surface area contributed by atoms with E-state index in [0.29, 0.717) is 0 Å². The molecule has 0 unspecified atom stereocenters. The van der Waals surface area contributed by atoms with Gasteiger partial charge >= 0.3 is 0 Å². The van der Waals surface area contributed by atoms with Gasteiger partial charge in [0.2, 0.25) is 0 Å². The third-order valence-electron chi connectivity index (χ3n) is 3.23. The van der Waals surface area contributed by atoms with Gasteiger partial charge in [0.1, 0.15) is 0 Å². The van der Waals surface area contributed by atoms with Crippen LogP contribution in [0.15, 0.2) is 42.5 Å². The number of hydrogen-bond acceptors (Lipinski definition) is 2. The second-order valence-electron chi connectivity index (χ2n) is 5.75. The van der Waals surface area contributed by atoms with Crippen molar-refractivity contribution < 1.29 is 4.92 Å². The predicted molar refractivity (Wildman–Crippen MR) is 89.9 cm³/mol. The van der Waals surface area contributed by atoms with Gasteiger partial charge < -0.3 is 0 Å². The van der Waals surface area contributed by atoms with Gasteiger partial charge in [0.05, 0.1) is 4.92 Å². The molecule has 0 spiro atoms. The van der Waals surface area contributed by atoms with Crippen molar-refractivity contribution in [1.29, 1.82) is 0 Å². The van der Waals surface area contributed by atoms with Crippen LogP contribution in [-0.2, 0) is 5.41 Å². The normalized spacial score (nSPS) is 11.4. The van der Waals surface area contributed by atoms with Crippen molar-refractivity contribution in [2.75, 3.05) is 0 Å². The molecule has 0 bridgehead atoms. The summed E-state index contributed by atoms with van der Waals surface area (Å²) in [6, 6.07) is 13.3. The molecule has 2 aromatic carbocycles. The summed E-state index contributed by atoms with van der Waals surface area (Å²) in [6.07, 6.45) is 0. The lowest BCUT2D eigenvalue weighted by atomic mass is 9.86. The van der Waals surface area contributed by atoms with Crippen molar-refractivity contribution in [3.8, 4) is 11.1 Å². The third-order valence-corrected chi connectivity index (χ3v) is 4.12. The molecule has 0 radical (unpaired) electrons. The fourth-order valence-corrected chi connectivity index (χ4v) is 2.81.